The number of hydrogen-bond donors (Lipinski definition) is 2. The molecular weight excluding hydrogens is 345 g/mol. The van der Waals surface area contributed by atoms with Crippen LogP contribution >= 0.6 is 0 Å². The fourth-order valence-corrected chi connectivity index (χ4v) is 3.45. The second kappa shape index (κ2) is 10.2. The third kappa shape index (κ3) is 6.17. The van der Waals surface area contributed by atoms with Crippen molar-refractivity contribution in [3.8, 4) is 0 Å². The Morgan fingerprint density at radius 2 is 2.07 bits per heavy atom. The molecule has 0 unspecified atom stereocenters. The van der Waals surface area contributed by atoms with Gasteiger partial charge in [-0.25, -0.2) is 4.39 Å². The fourth-order valence-electron chi connectivity index (χ4n) is 3.45. The lowest BCUT2D eigenvalue weighted by atomic mass is 10.1. The number of likely N-dealkylation sites (tertiary alicyclic amines) is 1. The van der Waals surface area contributed by atoms with Crippen molar-refractivity contribution in [3.05, 3.63) is 47.3 Å². The first-order valence-electron chi connectivity index (χ1n) is 9.65. The number of hydrogen-bond acceptors (Lipinski definition) is 3. The van der Waals surface area contributed by atoms with Crippen LogP contribution in [-0.4, -0.2) is 41.9 Å². The van der Waals surface area contributed by atoms with E-state index in [2.05, 4.69) is 15.5 Å². The summed E-state index contributed by atoms with van der Waals surface area (Å²) in [6.07, 6.45) is 5.67. The van der Waals surface area contributed by atoms with E-state index < -0.39 is 0 Å². The molecule has 1 aliphatic rings. The maximum Gasteiger partial charge on any atom is 0.237 e. The summed E-state index contributed by atoms with van der Waals surface area (Å²) < 4.78 is 13.4. The lowest BCUT2D eigenvalue weighted by molar-refractivity contribution is -0.125. The van der Waals surface area contributed by atoms with Crippen LogP contribution in [0.1, 0.15) is 44.2 Å². The average Bonchev–Trinajstić information content (AvgIpc) is 3.00. The summed E-state index contributed by atoms with van der Waals surface area (Å²) in [5, 5.41) is 5.91. The van der Waals surface area contributed by atoms with Gasteiger partial charge in [0.2, 0.25) is 11.8 Å². The Morgan fingerprint density at radius 1 is 1.30 bits per heavy atom. The highest BCUT2D eigenvalue weighted by Crippen LogP contribution is 2.23. The van der Waals surface area contributed by atoms with Crippen molar-refractivity contribution in [1.82, 2.24) is 15.5 Å². The molecule has 1 heterocycles. The normalized spacial score (nSPS) is 20.1. The molecular formula is C21H30FN3O2. The molecule has 148 valence electrons. The highest BCUT2D eigenvalue weighted by molar-refractivity contribution is 5.82. The Balaban J connectivity index is 2.06. The Labute approximate surface area is 161 Å². The summed E-state index contributed by atoms with van der Waals surface area (Å²) in [5.41, 5.74) is 1.85. The van der Waals surface area contributed by atoms with Crippen molar-refractivity contribution >= 4 is 11.8 Å². The molecule has 1 aromatic carbocycles. The lowest BCUT2D eigenvalue weighted by Gasteiger charge is -2.24. The molecule has 0 aliphatic carbocycles. The van der Waals surface area contributed by atoms with Crippen LogP contribution in [0.15, 0.2) is 30.4 Å². The van der Waals surface area contributed by atoms with Gasteiger partial charge < -0.3 is 10.6 Å². The molecule has 27 heavy (non-hydrogen) atoms. The average molecular weight is 375 g/mol. The zero-order valence-corrected chi connectivity index (χ0v) is 16.4. The van der Waals surface area contributed by atoms with Gasteiger partial charge in [0, 0.05) is 32.1 Å². The molecule has 0 aromatic heterocycles. The third-order valence-electron chi connectivity index (χ3n) is 4.81. The third-order valence-corrected chi connectivity index (χ3v) is 4.81. The molecule has 1 fully saturated rings. The number of benzene rings is 1. The quantitative estimate of drug-likeness (QED) is 0.687. The van der Waals surface area contributed by atoms with E-state index in [1.165, 1.54) is 12.1 Å². The summed E-state index contributed by atoms with van der Waals surface area (Å²) in [7, 11) is 0. The molecule has 0 spiro atoms. The van der Waals surface area contributed by atoms with Gasteiger partial charge in [-0.2, -0.15) is 0 Å². The monoisotopic (exact) mass is 375 g/mol. The minimum Gasteiger partial charge on any atom is -0.355 e. The van der Waals surface area contributed by atoms with Gasteiger partial charge >= 0.3 is 0 Å². The minimum atomic E-state index is -0.300. The maximum atomic E-state index is 13.4. The van der Waals surface area contributed by atoms with Crippen LogP contribution in [0.25, 0.3) is 0 Å². The van der Waals surface area contributed by atoms with Gasteiger partial charge in [-0.1, -0.05) is 25.1 Å². The van der Waals surface area contributed by atoms with E-state index in [0.717, 1.165) is 17.5 Å². The van der Waals surface area contributed by atoms with Gasteiger partial charge in [0.15, 0.2) is 0 Å². The molecule has 0 saturated carbocycles. The molecule has 2 N–H and O–H groups in total. The topological polar surface area (TPSA) is 61.4 Å². The molecule has 2 rings (SSSR count). The van der Waals surface area contributed by atoms with Crippen molar-refractivity contribution in [2.24, 2.45) is 0 Å². The number of carbonyl (C=O) groups is 2. The number of nitrogens with one attached hydrogen (secondary N) is 2. The van der Waals surface area contributed by atoms with Crippen LogP contribution in [0.3, 0.4) is 0 Å². The van der Waals surface area contributed by atoms with Crippen molar-refractivity contribution < 1.29 is 14.0 Å². The Hall–Kier alpha value is -2.21. The molecule has 5 nitrogen and oxygen atoms in total. The van der Waals surface area contributed by atoms with E-state index in [1.807, 2.05) is 32.9 Å². The molecule has 0 radical (unpaired) electrons. The van der Waals surface area contributed by atoms with Crippen LogP contribution < -0.4 is 10.6 Å². The van der Waals surface area contributed by atoms with E-state index in [-0.39, 0.29) is 29.7 Å². The Bertz CT molecular complexity index is 690. The molecule has 6 heteroatoms. The van der Waals surface area contributed by atoms with E-state index in [4.69, 9.17) is 0 Å². The Kier molecular flexibility index (Phi) is 7.98. The number of carbonyl (C=O) groups excluding carboxylic acids is 2. The minimum absolute atomic E-state index is 0.0279. The predicted molar refractivity (Wildman–Crippen MR) is 105 cm³/mol. The Morgan fingerprint density at radius 3 is 2.74 bits per heavy atom. The number of likely N-dealkylation sites (N-methyl/N-ethyl adjacent to an activating group) is 1. The van der Waals surface area contributed by atoms with Crippen molar-refractivity contribution in [1.29, 1.82) is 0 Å². The van der Waals surface area contributed by atoms with Crippen molar-refractivity contribution in [2.45, 2.75) is 58.7 Å². The highest BCUT2D eigenvalue weighted by Gasteiger charge is 2.37. The number of rotatable bonds is 8. The summed E-state index contributed by atoms with van der Waals surface area (Å²) in [5.74, 6) is -0.317. The largest absolute Gasteiger partial charge is 0.355 e. The standard InChI is InChI=1S/C21H30FN3O2/c1-4-6-7-8-20(26)24-18-12-19(21(27)23-5-2)25(14-18)13-16-9-10-17(22)11-15(16)3/h6-7,9-11,18-19H,4-5,8,12-14H2,1-3H3,(H,23,27)(H,24,26)/t18-,19+/m1/s1. The summed E-state index contributed by atoms with van der Waals surface area (Å²) in [4.78, 5) is 26.7. The van der Waals surface area contributed by atoms with Gasteiger partial charge in [-0.3, -0.25) is 14.5 Å². The summed E-state index contributed by atoms with van der Waals surface area (Å²) in [6.45, 7) is 7.50. The highest BCUT2D eigenvalue weighted by atomic mass is 19.1. The zero-order chi connectivity index (χ0) is 19.8. The molecule has 2 amide bonds. The molecule has 2 atom stereocenters. The number of allylic oxidation sites excluding steroid dienone is 1. The van der Waals surface area contributed by atoms with Gasteiger partial charge in [-0.15, -0.1) is 0 Å². The summed E-state index contributed by atoms with van der Waals surface area (Å²) >= 11 is 0. The van der Waals surface area contributed by atoms with Crippen LogP contribution in [-0.2, 0) is 16.1 Å². The van der Waals surface area contributed by atoms with E-state index in [0.29, 0.717) is 32.5 Å². The van der Waals surface area contributed by atoms with Gasteiger partial charge in [-0.05, 0) is 49.9 Å². The molecule has 0 bridgehead atoms. The van der Waals surface area contributed by atoms with Crippen LogP contribution in [0.4, 0.5) is 4.39 Å². The van der Waals surface area contributed by atoms with Crippen LogP contribution in [0, 0.1) is 12.7 Å². The number of amides is 2. The molecule has 1 aromatic rings. The smallest absolute Gasteiger partial charge is 0.237 e. The van der Waals surface area contributed by atoms with Crippen molar-refractivity contribution in [2.75, 3.05) is 13.1 Å². The van der Waals surface area contributed by atoms with Gasteiger partial charge in [0.25, 0.3) is 0 Å². The zero-order valence-electron chi connectivity index (χ0n) is 16.4. The van der Waals surface area contributed by atoms with E-state index in [9.17, 15) is 14.0 Å². The second-order valence-corrected chi connectivity index (χ2v) is 6.99. The first-order valence-corrected chi connectivity index (χ1v) is 9.65. The van der Waals surface area contributed by atoms with Gasteiger partial charge in [0.1, 0.15) is 5.82 Å². The first kappa shape index (κ1) is 21.1. The number of halogens is 1. The predicted octanol–water partition coefficient (Wildman–Crippen LogP) is 2.69. The fraction of sp³-hybridized carbons (Fsp3) is 0.524. The van der Waals surface area contributed by atoms with Crippen molar-refractivity contribution in [3.63, 3.8) is 0 Å². The number of nitrogens with zero attached hydrogens (tertiary/aromatic N) is 1. The second-order valence-electron chi connectivity index (χ2n) is 6.99. The lowest BCUT2D eigenvalue weighted by Crippen LogP contribution is -2.42. The number of aryl methyl sites for hydroxylation is 1. The summed E-state index contributed by atoms with van der Waals surface area (Å²) in [6, 6.07) is 4.35. The van der Waals surface area contributed by atoms with E-state index >= 15 is 0 Å². The SMILES string of the molecule is CCC=CCC(=O)N[C@@H]1C[C@@H](C(=O)NCC)N(Cc2ccc(F)cc2C)C1. The maximum absolute atomic E-state index is 13.4. The molecule has 1 aliphatic heterocycles. The van der Waals surface area contributed by atoms with E-state index in [1.54, 1.807) is 6.07 Å². The van der Waals surface area contributed by atoms with Crippen LogP contribution in [0.2, 0.25) is 0 Å². The van der Waals surface area contributed by atoms with Crippen LogP contribution in [0.5, 0.6) is 0 Å². The van der Waals surface area contributed by atoms with Gasteiger partial charge in [0.05, 0.1) is 6.04 Å². The molecule has 1 saturated heterocycles. The first-order chi connectivity index (χ1) is 12.9.